The average Bonchev–Trinajstić information content (AvgIpc) is 1.77. The van der Waals surface area contributed by atoms with E-state index in [-0.39, 0.29) is 0 Å². The van der Waals surface area contributed by atoms with Gasteiger partial charge in [-0.3, -0.25) is 0 Å². The van der Waals surface area contributed by atoms with E-state index in [4.69, 9.17) is 0 Å². The van der Waals surface area contributed by atoms with Crippen LogP contribution in [0.15, 0.2) is 0 Å². The molecule has 1 rings (SSSR count). The fraction of sp³-hybridized carbons (Fsp3) is 1.00. The first-order valence-corrected chi connectivity index (χ1v) is 3.79. The molecule has 0 aliphatic carbocycles. The van der Waals surface area contributed by atoms with E-state index in [1.54, 1.807) is 0 Å². The van der Waals surface area contributed by atoms with Gasteiger partial charge in [0.2, 0.25) is 0 Å². The summed E-state index contributed by atoms with van der Waals surface area (Å²) in [7, 11) is 0. The second-order valence-electron chi connectivity index (χ2n) is 3.37. The third-order valence-corrected chi connectivity index (χ3v) is 2.30. The van der Waals surface area contributed by atoms with Gasteiger partial charge in [-0.2, -0.15) is 0 Å². The highest BCUT2D eigenvalue weighted by Crippen LogP contribution is 2.23. The number of hydrogen-bond acceptors (Lipinski definition) is 0. The lowest BCUT2D eigenvalue weighted by Crippen LogP contribution is -2.15. The zero-order valence-corrected chi connectivity index (χ0v) is 5.98. The molecule has 1 heterocycles. The van der Waals surface area contributed by atoms with Crippen LogP contribution < -0.4 is 0 Å². The van der Waals surface area contributed by atoms with Gasteiger partial charge in [0, 0.05) is 0 Å². The van der Waals surface area contributed by atoms with Crippen LogP contribution >= 0.6 is 0 Å². The summed E-state index contributed by atoms with van der Waals surface area (Å²) < 4.78 is 0. The molecule has 0 aromatic heterocycles. The molecule has 1 saturated heterocycles. The van der Waals surface area contributed by atoms with E-state index in [0.29, 0.717) is 0 Å². The molecule has 8 heavy (non-hydrogen) atoms. The minimum atomic E-state index is 1.02. The topological polar surface area (TPSA) is 0 Å². The van der Waals surface area contributed by atoms with Crippen molar-refractivity contribution < 1.29 is 0 Å². The summed E-state index contributed by atoms with van der Waals surface area (Å²) in [5.41, 5.74) is 0. The van der Waals surface area contributed by atoms with Crippen LogP contribution in [0.5, 0.6) is 0 Å². The highest BCUT2D eigenvalue weighted by Gasteiger charge is 2.15. The molecule has 0 unspecified atom stereocenters. The Bertz CT molecular complexity index is 52.8. The SMILES string of the molecule is CB1CCC(C)CC1. The van der Waals surface area contributed by atoms with E-state index in [9.17, 15) is 0 Å². The third kappa shape index (κ3) is 1.54. The molecule has 0 saturated carbocycles. The van der Waals surface area contributed by atoms with Gasteiger partial charge in [-0.1, -0.05) is 39.2 Å². The predicted octanol–water partition coefficient (Wildman–Crippen LogP) is 2.54. The molecule has 1 aliphatic rings. The van der Waals surface area contributed by atoms with Crippen LogP contribution in [-0.2, 0) is 0 Å². The van der Waals surface area contributed by atoms with Crippen molar-refractivity contribution in [1.82, 2.24) is 0 Å². The molecule has 0 nitrogen and oxygen atoms in total. The predicted molar refractivity (Wildman–Crippen MR) is 39.6 cm³/mol. The third-order valence-electron chi connectivity index (χ3n) is 2.30. The van der Waals surface area contributed by atoms with Gasteiger partial charge in [0.15, 0.2) is 0 Å². The van der Waals surface area contributed by atoms with Crippen molar-refractivity contribution in [2.75, 3.05) is 0 Å². The van der Waals surface area contributed by atoms with Gasteiger partial charge in [0.05, 0.1) is 0 Å². The molecule has 0 radical (unpaired) electrons. The minimum absolute atomic E-state index is 1.02. The molecule has 1 heteroatoms. The first-order chi connectivity index (χ1) is 3.79. The van der Waals surface area contributed by atoms with Gasteiger partial charge in [0.1, 0.15) is 6.71 Å². The Balaban J connectivity index is 2.19. The van der Waals surface area contributed by atoms with Crippen LogP contribution in [0.25, 0.3) is 0 Å². The van der Waals surface area contributed by atoms with Crippen molar-refractivity contribution in [3.8, 4) is 0 Å². The maximum atomic E-state index is 2.37. The van der Waals surface area contributed by atoms with Gasteiger partial charge in [-0.05, 0) is 5.92 Å². The Labute approximate surface area is 52.7 Å². The average molecular weight is 110 g/mol. The van der Waals surface area contributed by atoms with Crippen molar-refractivity contribution in [3.63, 3.8) is 0 Å². The van der Waals surface area contributed by atoms with Crippen LogP contribution in [0, 0.1) is 5.92 Å². The van der Waals surface area contributed by atoms with Gasteiger partial charge >= 0.3 is 0 Å². The Hall–Kier alpha value is 0.0649. The van der Waals surface area contributed by atoms with Gasteiger partial charge in [0.25, 0.3) is 0 Å². The molecule has 46 valence electrons. The fourth-order valence-corrected chi connectivity index (χ4v) is 1.43. The van der Waals surface area contributed by atoms with E-state index in [1.165, 1.54) is 25.5 Å². The number of rotatable bonds is 0. The van der Waals surface area contributed by atoms with E-state index in [1.807, 2.05) is 0 Å². The molecule has 1 aliphatic heterocycles. The van der Waals surface area contributed by atoms with Crippen molar-refractivity contribution >= 4 is 6.71 Å². The molecule has 1 fully saturated rings. The largest absolute Gasteiger partial charge is 0.136 e. The summed E-state index contributed by atoms with van der Waals surface area (Å²) in [5, 5.41) is 0. The van der Waals surface area contributed by atoms with E-state index in [2.05, 4.69) is 13.7 Å². The lowest BCUT2D eigenvalue weighted by Gasteiger charge is -2.20. The second-order valence-corrected chi connectivity index (χ2v) is 3.37. The smallest absolute Gasteiger partial charge is 0.0861 e. The first-order valence-electron chi connectivity index (χ1n) is 3.79. The highest BCUT2D eigenvalue weighted by molar-refractivity contribution is 6.57. The van der Waals surface area contributed by atoms with Crippen LogP contribution in [0.1, 0.15) is 19.8 Å². The second kappa shape index (κ2) is 2.57. The van der Waals surface area contributed by atoms with Crippen molar-refractivity contribution in [1.29, 1.82) is 0 Å². The molecule has 0 aromatic carbocycles. The van der Waals surface area contributed by atoms with Crippen molar-refractivity contribution in [2.45, 2.75) is 39.2 Å². The minimum Gasteiger partial charge on any atom is -0.0861 e. The highest BCUT2D eigenvalue weighted by atomic mass is 14.1. The van der Waals surface area contributed by atoms with Crippen molar-refractivity contribution in [3.05, 3.63) is 0 Å². The first kappa shape index (κ1) is 6.19. The Morgan fingerprint density at radius 2 is 1.75 bits per heavy atom. The maximum absolute atomic E-state index is 2.37. The molecule has 0 amide bonds. The lowest BCUT2D eigenvalue weighted by molar-refractivity contribution is 0.518. The zero-order valence-electron chi connectivity index (χ0n) is 5.98. The van der Waals surface area contributed by atoms with E-state index < -0.39 is 0 Å². The molecule has 0 N–H and O–H groups in total. The Morgan fingerprint density at radius 1 is 1.25 bits per heavy atom. The quantitative estimate of drug-likeness (QED) is 0.420. The summed E-state index contributed by atoms with van der Waals surface area (Å²) >= 11 is 0. The van der Waals surface area contributed by atoms with Gasteiger partial charge < -0.3 is 0 Å². The van der Waals surface area contributed by atoms with Gasteiger partial charge in [-0.25, -0.2) is 0 Å². The molecule has 0 bridgehead atoms. The van der Waals surface area contributed by atoms with Crippen LogP contribution in [-0.4, -0.2) is 6.71 Å². The fourth-order valence-electron chi connectivity index (χ4n) is 1.43. The molecule has 0 spiro atoms. The lowest BCUT2D eigenvalue weighted by atomic mass is 9.42. The van der Waals surface area contributed by atoms with Crippen LogP contribution in [0.2, 0.25) is 19.5 Å². The number of hydrogen-bond donors (Lipinski definition) is 0. The Kier molecular flexibility index (Phi) is 1.98. The summed E-state index contributed by atoms with van der Waals surface area (Å²) in [4.78, 5) is 0. The van der Waals surface area contributed by atoms with Gasteiger partial charge in [-0.15, -0.1) is 0 Å². The summed E-state index contributed by atoms with van der Waals surface area (Å²) in [6.07, 6.45) is 5.89. The molecular weight excluding hydrogens is 94.9 g/mol. The molecular formula is C7H15B. The van der Waals surface area contributed by atoms with E-state index in [0.717, 1.165) is 12.6 Å². The van der Waals surface area contributed by atoms with Crippen LogP contribution in [0.3, 0.4) is 0 Å². The van der Waals surface area contributed by atoms with E-state index >= 15 is 0 Å². The summed E-state index contributed by atoms with van der Waals surface area (Å²) in [6, 6.07) is 0. The van der Waals surface area contributed by atoms with Crippen molar-refractivity contribution in [2.24, 2.45) is 5.92 Å². The Morgan fingerprint density at radius 3 is 2.12 bits per heavy atom. The molecule has 0 atom stereocenters. The maximum Gasteiger partial charge on any atom is 0.136 e. The zero-order chi connectivity index (χ0) is 5.98. The summed E-state index contributed by atoms with van der Waals surface area (Å²) in [6.45, 7) is 5.75. The van der Waals surface area contributed by atoms with Crippen LogP contribution in [0.4, 0.5) is 0 Å². The summed E-state index contributed by atoms with van der Waals surface area (Å²) in [5.74, 6) is 1.02. The standard InChI is InChI=1S/C7H15B/c1-7-3-5-8(2)6-4-7/h7H,3-6H2,1-2H3. The monoisotopic (exact) mass is 110 g/mol. The molecule has 0 aromatic rings. The normalized spacial score (nSPS) is 24.0.